The number of nitrogens with zero attached hydrogens (tertiary/aromatic N) is 2. The highest BCUT2D eigenvalue weighted by atomic mass is 31.2. The molecule has 0 saturated carbocycles. The lowest BCUT2D eigenvalue weighted by Gasteiger charge is -2.17. The summed E-state index contributed by atoms with van der Waals surface area (Å²) < 4.78 is 5.35. The normalized spacial score (nSPS) is 12.9. The van der Waals surface area contributed by atoms with Gasteiger partial charge >= 0.3 is 0 Å². The molecule has 0 radical (unpaired) electrons. The molecule has 0 spiro atoms. The quantitative estimate of drug-likeness (QED) is 0.326. The molecule has 2 rings (SSSR count). The Balaban J connectivity index is 2.60. The molecular weight excluding hydrogens is 243 g/mol. The summed E-state index contributed by atoms with van der Waals surface area (Å²) in [7, 11) is -2.34. The summed E-state index contributed by atoms with van der Waals surface area (Å²) in [5.74, 6) is 0. The van der Waals surface area contributed by atoms with E-state index in [1.54, 1.807) is 24.3 Å². The van der Waals surface area contributed by atoms with Crippen molar-refractivity contribution in [2.24, 2.45) is 0 Å². The molecule has 0 aliphatic carbocycles. The van der Waals surface area contributed by atoms with Gasteiger partial charge in [-0.25, -0.2) is 9.93 Å². The molecule has 1 aromatic heterocycles. The van der Waals surface area contributed by atoms with Gasteiger partial charge in [0.05, 0.1) is 5.30 Å². The first-order chi connectivity index (χ1) is 8.26. The van der Waals surface area contributed by atoms with Crippen molar-refractivity contribution in [2.75, 3.05) is 6.61 Å². The fraction of sp³-hybridized carbons (Fsp3) is 0.200. The summed E-state index contributed by atoms with van der Waals surface area (Å²) in [4.78, 5) is 11.6. The second-order valence-corrected chi connectivity index (χ2v) is 4.52. The largest absolute Gasteiger partial charge is 0.802 e. The Kier molecular flexibility index (Phi) is 3.93. The van der Waals surface area contributed by atoms with Crippen LogP contribution in [-0.2, 0) is 11.2 Å². The molecule has 1 atom stereocenters. The van der Waals surface area contributed by atoms with Crippen molar-refractivity contribution in [1.82, 2.24) is 5.10 Å². The molecule has 6 nitrogen and oxygen atoms in total. The zero-order valence-electron chi connectivity index (χ0n) is 8.85. The third-order valence-corrected chi connectivity index (χ3v) is 3.19. The highest BCUT2D eigenvalue weighted by Gasteiger charge is 2.14. The minimum Gasteiger partial charge on any atom is -0.802 e. The first-order valence-corrected chi connectivity index (χ1v) is 6.13. The van der Waals surface area contributed by atoms with E-state index in [2.05, 4.69) is 9.77 Å². The Morgan fingerprint density at radius 2 is 2.18 bits per heavy atom. The molecule has 7 heteroatoms. The fourth-order valence-corrected chi connectivity index (χ4v) is 2.26. The first kappa shape index (κ1) is 12.3. The lowest BCUT2D eigenvalue weighted by molar-refractivity contribution is -0.751. The summed E-state index contributed by atoms with van der Waals surface area (Å²) >= 11 is 0. The molecular formula is C10H11N2O4P. The molecule has 2 aromatic rings. The molecule has 90 valence electrons. The van der Waals surface area contributed by atoms with E-state index >= 15 is 0 Å². The van der Waals surface area contributed by atoms with Gasteiger partial charge in [0.2, 0.25) is 6.20 Å². The smallest absolute Gasteiger partial charge is 0.205 e. The van der Waals surface area contributed by atoms with Crippen molar-refractivity contribution < 1.29 is 24.6 Å². The molecule has 0 saturated heterocycles. The topological polar surface area (TPSA) is 89.5 Å². The van der Waals surface area contributed by atoms with Crippen molar-refractivity contribution in [2.45, 2.75) is 6.54 Å². The summed E-state index contributed by atoms with van der Waals surface area (Å²) in [5.41, 5.74) is 0.624. The second-order valence-electron chi connectivity index (χ2n) is 3.36. The zero-order valence-corrected chi connectivity index (χ0v) is 9.75. The third kappa shape index (κ3) is 2.57. The van der Waals surface area contributed by atoms with Crippen LogP contribution >= 0.6 is 8.38 Å². The molecule has 0 fully saturated rings. The van der Waals surface area contributed by atoms with Gasteiger partial charge in [0.25, 0.3) is 0 Å². The Morgan fingerprint density at radius 1 is 1.41 bits per heavy atom. The van der Waals surface area contributed by atoms with Crippen LogP contribution in [0.1, 0.15) is 0 Å². The van der Waals surface area contributed by atoms with Gasteiger partial charge < -0.3 is 10.00 Å². The van der Waals surface area contributed by atoms with E-state index < -0.39 is 8.38 Å². The van der Waals surface area contributed by atoms with E-state index in [9.17, 15) is 4.89 Å². The van der Waals surface area contributed by atoms with Crippen LogP contribution in [0, 0.1) is 0 Å². The maximum Gasteiger partial charge on any atom is 0.205 e. The number of hydrogen-bond acceptors (Lipinski definition) is 5. The average molecular weight is 254 g/mol. The second kappa shape index (κ2) is 5.44. The van der Waals surface area contributed by atoms with Crippen molar-refractivity contribution in [3.63, 3.8) is 0 Å². The number of rotatable bonds is 4. The molecule has 2 N–H and O–H groups in total. The summed E-state index contributed by atoms with van der Waals surface area (Å²) in [6.45, 7) is 0.207. The van der Waals surface area contributed by atoms with Gasteiger partial charge in [-0.2, -0.15) is 0 Å². The third-order valence-electron chi connectivity index (χ3n) is 2.29. The first-order valence-electron chi connectivity index (χ1n) is 4.95. The number of aliphatic hydroxyl groups excluding tert-OH is 1. The van der Waals surface area contributed by atoms with E-state index in [0.29, 0.717) is 16.2 Å². The average Bonchev–Trinajstić information content (AvgIpc) is 2.37. The minimum atomic E-state index is -2.34. The Morgan fingerprint density at radius 3 is 2.88 bits per heavy atom. The van der Waals surface area contributed by atoms with Gasteiger partial charge in [0.1, 0.15) is 12.1 Å². The van der Waals surface area contributed by atoms with Crippen LogP contribution in [0.3, 0.4) is 0 Å². The monoisotopic (exact) mass is 254 g/mol. The van der Waals surface area contributed by atoms with Crippen molar-refractivity contribution in [1.29, 1.82) is 0 Å². The summed E-state index contributed by atoms with van der Waals surface area (Å²) in [6, 6.07) is 7.08. The number of benzene rings is 1. The number of hydrogen-bond donors (Lipinski definition) is 2. The SMILES string of the molecule is [O-]P(OO)c1c[n+](CCO)nc2ccccc12. The highest BCUT2D eigenvalue weighted by molar-refractivity contribution is 7.54. The van der Waals surface area contributed by atoms with Gasteiger partial charge in [0, 0.05) is 18.9 Å². The van der Waals surface area contributed by atoms with Crippen molar-refractivity contribution in [3.8, 4) is 0 Å². The van der Waals surface area contributed by atoms with E-state index in [0.717, 1.165) is 0 Å². The Labute approximate surface area is 98.6 Å². The van der Waals surface area contributed by atoms with Crippen LogP contribution in [0.4, 0.5) is 0 Å². The highest BCUT2D eigenvalue weighted by Crippen LogP contribution is 2.26. The van der Waals surface area contributed by atoms with Crippen LogP contribution < -0.4 is 14.9 Å². The molecule has 0 amide bonds. The predicted octanol–water partition coefficient (Wildman–Crippen LogP) is -0.698. The van der Waals surface area contributed by atoms with Crippen molar-refractivity contribution in [3.05, 3.63) is 30.5 Å². The van der Waals surface area contributed by atoms with Gasteiger partial charge in [0.15, 0.2) is 6.54 Å². The zero-order chi connectivity index (χ0) is 12.3. The van der Waals surface area contributed by atoms with Crippen LogP contribution in [0.25, 0.3) is 10.9 Å². The van der Waals surface area contributed by atoms with E-state index in [1.807, 2.05) is 0 Å². The van der Waals surface area contributed by atoms with Crippen LogP contribution in [0.5, 0.6) is 0 Å². The van der Waals surface area contributed by atoms with E-state index in [1.165, 1.54) is 10.9 Å². The van der Waals surface area contributed by atoms with E-state index in [-0.39, 0.29) is 13.2 Å². The Hall–Kier alpha value is -1.17. The molecule has 0 aliphatic heterocycles. The van der Waals surface area contributed by atoms with Gasteiger partial charge in [-0.1, -0.05) is 22.9 Å². The van der Waals surface area contributed by atoms with E-state index in [4.69, 9.17) is 10.4 Å². The lowest BCUT2D eigenvalue weighted by Crippen LogP contribution is -2.42. The maximum absolute atomic E-state index is 11.6. The lowest BCUT2D eigenvalue weighted by atomic mass is 10.2. The van der Waals surface area contributed by atoms with Gasteiger partial charge in [-0.05, 0) is 6.07 Å². The number of fused-ring (bicyclic) bond motifs is 1. The molecule has 0 bridgehead atoms. The van der Waals surface area contributed by atoms with Gasteiger partial charge in [-0.3, -0.25) is 0 Å². The fourth-order valence-electron chi connectivity index (χ4n) is 1.56. The van der Waals surface area contributed by atoms with Gasteiger partial charge in [-0.15, -0.1) is 0 Å². The van der Waals surface area contributed by atoms with Crippen LogP contribution in [0.2, 0.25) is 0 Å². The summed E-state index contributed by atoms with van der Waals surface area (Å²) in [5, 5.41) is 22.6. The number of aliphatic hydroxyl groups is 1. The molecule has 17 heavy (non-hydrogen) atoms. The predicted molar refractivity (Wildman–Crippen MR) is 59.3 cm³/mol. The molecule has 1 heterocycles. The van der Waals surface area contributed by atoms with Crippen LogP contribution in [0.15, 0.2) is 30.5 Å². The number of aromatic nitrogens is 2. The standard InChI is InChI=1S/C10H11N2O4P/c13-6-5-12-7-10(17(15)16-14)8-3-1-2-4-9(8)11-12/h1-4,7,13-14H,5-6H2. The molecule has 1 aromatic carbocycles. The summed E-state index contributed by atoms with van der Waals surface area (Å²) in [6.07, 6.45) is 1.49. The van der Waals surface area contributed by atoms with Crippen LogP contribution in [-0.4, -0.2) is 22.1 Å². The van der Waals surface area contributed by atoms with Crippen molar-refractivity contribution >= 4 is 24.6 Å². The maximum atomic E-state index is 11.6. The Bertz CT molecular complexity index is 523. The molecule has 0 aliphatic rings. The minimum absolute atomic E-state index is 0.0772. The molecule has 1 unspecified atom stereocenters.